The third-order valence-electron chi connectivity index (χ3n) is 3.76. The van der Waals surface area contributed by atoms with Gasteiger partial charge in [0.2, 0.25) is 5.91 Å². The van der Waals surface area contributed by atoms with E-state index in [0.717, 1.165) is 0 Å². The van der Waals surface area contributed by atoms with E-state index in [2.05, 4.69) is 10.6 Å². The number of hydrogen-bond donors (Lipinski definition) is 2. The SMILES string of the molecule is CCOc1ccccc1C(=O)NC(C(=O)Nc1cccc(F)c1)C(C)C. The summed E-state index contributed by atoms with van der Waals surface area (Å²) in [5.41, 5.74) is 0.697. The lowest BCUT2D eigenvalue weighted by atomic mass is 10.0. The molecule has 0 fully saturated rings. The molecular weight excluding hydrogens is 335 g/mol. The maximum atomic E-state index is 13.3. The molecule has 2 amide bonds. The monoisotopic (exact) mass is 358 g/mol. The van der Waals surface area contributed by atoms with Gasteiger partial charge in [-0.1, -0.05) is 32.0 Å². The molecule has 1 unspecified atom stereocenters. The summed E-state index contributed by atoms with van der Waals surface area (Å²) in [4.78, 5) is 25.2. The topological polar surface area (TPSA) is 67.4 Å². The lowest BCUT2D eigenvalue weighted by Gasteiger charge is -2.22. The van der Waals surface area contributed by atoms with Gasteiger partial charge in [-0.05, 0) is 43.2 Å². The number of amides is 2. The molecule has 0 spiro atoms. The molecule has 0 saturated heterocycles. The highest BCUT2D eigenvalue weighted by Gasteiger charge is 2.26. The van der Waals surface area contributed by atoms with Crippen LogP contribution in [0.5, 0.6) is 5.75 Å². The van der Waals surface area contributed by atoms with Gasteiger partial charge in [-0.25, -0.2) is 4.39 Å². The summed E-state index contributed by atoms with van der Waals surface area (Å²) in [5.74, 6) is -0.958. The number of benzene rings is 2. The van der Waals surface area contributed by atoms with Gasteiger partial charge in [0.15, 0.2) is 0 Å². The van der Waals surface area contributed by atoms with Crippen LogP contribution in [0.4, 0.5) is 10.1 Å². The predicted octanol–water partition coefficient (Wildman–Crippen LogP) is 3.62. The Balaban J connectivity index is 2.15. The van der Waals surface area contributed by atoms with Gasteiger partial charge in [0.05, 0.1) is 12.2 Å². The van der Waals surface area contributed by atoms with Gasteiger partial charge in [0.1, 0.15) is 17.6 Å². The highest BCUT2D eigenvalue weighted by atomic mass is 19.1. The first-order valence-electron chi connectivity index (χ1n) is 8.51. The smallest absolute Gasteiger partial charge is 0.255 e. The van der Waals surface area contributed by atoms with Crippen LogP contribution in [-0.4, -0.2) is 24.5 Å². The minimum absolute atomic E-state index is 0.160. The van der Waals surface area contributed by atoms with Crippen LogP contribution in [0.25, 0.3) is 0 Å². The Morgan fingerprint density at radius 1 is 1.12 bits per heavy atom. The normalized spacial score (nSPS) is 11.7. The van der Waals surface area contributed by atoms with Crippen molar-refractivity contribution in [2.75, 3.05) is 11.9 Å². The second kappa shape index (κ2) is 8.99. The average Bonchev–Trinajstić information content (AvgIpc) is 2.60. The third-order valence-corrected chi connectivity index (χ3v) is 3.76. The number of carbonyl (C=O) groups excluding carboxylic acids is 2. The Morgan fingerprint density at radius 2 is 1.85 bits per heavy atom. The van der Waals surface area contributed by atoms with E-state index in [1.165, 1.54) is 18.2 Å². The van der Waals surface area contributed by atoms with Gasteiger partial charge in [-0.2, -0.15) is 0 Å². The largest absolute Gasteiger partial charge is 0.493 e. The standard InChI is InChI=1S/C20H23FN2O3/c1-4-26-17-11-6-5-10-16(17)19(24)23-18(13(2)3)20(25)22-15-9-7-8-14(21)12-15/h5-13,18H,4H2,1-3H3,(H,22,25)(H,23,24). The molecule has 6 heteroatoms. The quantitative estimate of drug-likeness (QED) is 0.794. The molecule has 0 aromatic heterocycles. The number of carbonyl (C=O) groups is 2. The maximum Gasteiger partial charge on any atom is 0.255 e. The van der Waals surface area contributed by atoms with E-state index in [4.69, 9.17) is 4.74 Å². The number of halogens is 1. The number of rotatable bonds is 7. The summed E-state index contributed by atoms with van der Waals surface area (Å²) in [7, 11) is 0. The van der Waals surface area contributed by atoms with Gasteiger partial charge in [0.25, 0.3) is 5.91 Å². The van der Waals surface area contributed by atoms with Crippen LogP contribution in [0.15, 0.2) is 48.5 Å². The Kier molecular flexibility index (Phi) is 6.72. The average molecular weight is 358 g/mol. The number of hydrogen-bond acceptors (Lipinski definition) is 3. The lowest BCUT2D eigenvalue weighted by molar-refractivity contribution is -0.118. The van der Waals surface area contributed by atoms with Crippen LogP contribution in [0.3, 0.4) is 0 Å². The molecule has 1 atom stereocenters. The molecule has 0 aliphatic carbocycles. The minimum Gasteiger partial charge on any atom is -0.493 e. The summed E-state index contributed by atoms with van der Waals surface area (Å²) < 4.78 is 18.8. The van der Waals surface area contributed by atoms with Crippen molar-refractivity contribution >= 4 is 17.5 Å². The molecule has 0 aliphatic rings. The summed E-state index contributed by atoms with van der Waals surface area (Å²) in [5, 5.41) is 5.38. The third kappa shape index (κ3) is 5.05. The molecule has 0 heterocycles. The van der Waals surface area contributed by atoms with E-state index in [9.17, 15) is 14.0 Å². The Bertz CT molecular complexity index is 777. The fraction of sp³-hybridized carbons (Fsp3) is 0.300. The summed E-state index contributed by atoms with van der Waals surface area (Å²) in [6.07, 6.45) is 0. The van der Waals surface area contributed by atoms with Crippen LogP contribution < -0.4 is 15.4 Å². The predicted molar refractivity (Wildman–Crippen MR) is 98.7 cm³/mol. The zero-order valence-corrected chi connectivity index (χ0v) is 15.1. The molecule has 0 radical (unpaired) electrons. The second-order valence-corrected chi connectivity index (χ2v) is 6.12. The van der Waals surface area contributed by atoms with E-state index in [1.54, 1.807) is 30.3 Å². The molecule has 2 rings (SSSR count). The molecular formula is C20H23FN2O3. The van der Waals surface area contributed by atoms with Crippen LogP contribution in [0.1, 0.15) is 31.1 Å². The molecule has 26 heavy (non-hydrogen) atoms. The molecule has 2 aromatic carbocycles. The first-order valence-corrected chi connectivity index (χ1v) is 8.51. The van der Waals surface area contributed by atoms with Crippen molar-refractivity contribution in [3.8, 4) is 5.75 Å². The number of ether oxygens (including phenoxy) is 1. The number of nitrogens with one attached hydrogen (secondary N) is 2. The van der Waals surface area contributed by atoms with E-state index >= 15 is 0 Å². The van der Waals surface area contributed by atoms with Crippen LogP contribution in [0.2, 0.25) is 0 Å². The fourth-order valence-electron chi connectivity index (χ4n) is 2.48. The van der Waals surface area contributed by atoms with Crippen LogP contribution in [0, 0.1) is 11.7 Å². The van der Waals surface area contributed by atoms with Gasteiger partial charge in [-0.3, -0.25) is 9.59 Å². The first kappa shape index (κ1) is 19.4. The van der Waals surface area contributed by atoms with E-state index < -0.39 is 23.7 Å². The second-order valence-electron chi connectivity index (χ2n) is 6.12. The Morgan fingerprint density at radius 3 is 2.50 bits per heavy atom. The van der Waals surface area contributed by atoms with Crippen LogP contribution >= 0.6 is 0 Å². The molecule has 2 N–H and O–H groups in total. The summed E-state index contributed by atoms with van der Waals surface area (Å²) in [6, 6.07) is 11.7. The molecule has 2 aromatic rings. The molecule has 0 aliphatic heterocycles. The zero-order valence-electron chi connectivity index (χ0n) is 15.1. The summed E-state index contributed by atoms with van der Waals surface area (Å²) >= 11 is 0. The van der Waals surface area contributed by atoms with Crippen molar-refractivity contribution < 1.29 is 18.7 Å². The zero-order chi connectivity index (χ0) is 19.1. The molecule has 138 valence electrons. The molecule has 0 saturated carbocycles. The summed E-state index contributed by atoms with van der Waals surface area (Å²) in [6.45, 7) is 5.91. The van der Waals surface area contributed by atoms with E-state index in [1.807, 2.05) is 20.8 Å². The maximum absolute atomic E-state index is 13.3. The van der Waals surface area contributed by atoms with Crippen molar-refractivity contribution in [2.45, 2.75) is 26.8 Å². The minimum atomic E-state index is -0.777. The lowest BCUT2D eigenvalue weighted by Crippen LogP contribution is -2.47. The van der Waals surface area contributed by atoms with Gasteiger partial charge in [0, 0.05) is 5.69 Å². The fourth-order valence-corrected chi connectivity index (χ4v) is 2.48. The first-order chi connectivity index (χ1) is 12.4. The van der Waals surface area contributed by atoms with Gasteiger partial charge >= 0.3 is 0 Å². The van der Waals surface area contributed by atoms with Crippen molar-refractivity contribution in [1.29, 1.82) is 0 Å². The Labute approximate surface area is 152 Å². The van der Waals surface area contributed by atoms with Crippen molar-refractivity contribution in [1.82, 2.24) is 5.32 Å². The number of anilines is 1. The van der Waals surface area contributed by atoms with E-state index in [0.29, 0.717) is 23.6 Å². The highest BCUT2D eigenvalue weighted by molar-refractivity contribution is 6.02. The molecule has 5 nitrogen and oxygen atoms in total. The van der Waals surface area contributed by atoms with Crippen molar-refractivity contribution in [2.24, 2.45) is 5.92 Å². The molecule has 0 bridgehead atoms. The van der Waals surface area contributed by atoms with E-state index in [-0.39, 0.29) is 5.92 Å². The highest BCUT2D eigenvalue weighted by Crippen LogP contribution is 2.19. The van der Waals surface area contributed by atoms with Crippen molar-refractivity contribution in [3.05, 3.63) is 59.9 Å². The van der Waals surface area contributed by atoms with Gasteiger partial charge < -0.3 is 15.4 Å². The number of para-hydroxylation sites is 1. The van der Waals surface area contributed by atoms with Crippen LogP contribution in [-0.2, 0) is 4.79 Å². The van der Waals surface area contributed by atoms with Gasteiger partial charge in [-0.15, -0.1) is 0 Å². The van der Waals surface area contributed by atoms with Crippen molar-refractivity contribution in [3.63, 3.8) is 0 Å². The Hall–Kier alpha value is -2.89.